The largest absolute Gasteiger partial charge is 0.454 e. The molecule has 0 saturated carbocycles. The lowest BCUT2D eigenvalue weighted by Crippen LogP contribution is -2.11. The van der Waals surface area contributed by atoms with Crippen molar-refractivity contribution >= 4 is 23.2 Å². The Balaban J connectivity index is 1.86. The van der Waals surface area contributed by atoms with Crippen LogP contribution in [0.5, 0.6) is 11.5 Å². The van der Waals surface area contributed by atoms with Gasteiger partial charge in [0.25, 0.3) is 5.91 Å². The first-order valence-corrected chi connectivity index (χ1v) is 6.07. The van der Waals surface area contributed by atoms with Gasteiger partial charge in [0.2, 0.25) is 6.79 Å². The second-order valence-corrected chi connectivity index (χ2v) is 4.41. The van der Waals surface area contributed by atoms with E-state index in [4.69, 9.17) is 21.1 Å². The van der Waals surface area contributed by atoms with Gasteiger partial charge in [-0.05, 0) is 12.1 Å². The van der Waals surface area contributed by atoms with Crippen LogP contribution in [-0.2, 0) is 0 Å². The number of fused-ring (bicyclic) bond motifs is 1. The highest BCUT2D eigenvalue weighted by molar-refractivity contribution is 6.34. The molecule has 1 aliphatic rings. The molecule has 1 aliphatic heterocycles. The highest BCUT2D eigenvalue weighted by Gasteiger charge is 2.17. The lowest BCUT2D eigenvalue weighted by Gasteiger charge is -2.08. The first kappa shape index (κ1) is 11.9. The van der Waals surface area contributed by atoms with Crippen molar-refractivity contribution in [3.63, 3.8) is 0 Å². The molecule has 0 radical (unpaired) electrons. The van der Waals surface area contributed by atoms with Gasteiger partial charge in [0.15, 0.2) is 11.5 Å². The molecule has 1 amide bonds. The molecule has 19 heavy (non-hydrogen) atoms. The summed E-state index contributed by atoms with van der Waals surface area (Å²) in [5.41, 5.74) is 1.07. The summed E-state index contributed by atoms with van der Waals surface area (Å²) in [7, 11) is 0. The van der Waals surface area contributed by atoms with Crippen LogP contribution in [0.25, 0.3) is 0 Å². The zero-order valence-electron chi connectivity index (χ0n) is 9.85. The minimum Gasteiger partial charge on any atom is -0.454 e. The zero-order valence-corrected chi connectivity index (χ0v) is 10.6. The molecule has 4 nitrogen and oxygen atoms in total. The van der Waals surface area contributed by atoms with E-state index in [1.54, 1.807) is 36.4 Å². The van der Waals surface area contributed by atoms with E-state index in [-0.39, 0.29) is 12.7 Å². The van der Waals surface area contributed by atoms with E-state index < -0.39 is 0 Å². The fraction of sp³-hybridized carbons (Fsp3) is 0.0714. The first-order chi connectivity index (χ1) is 9.24. The first-order valence-electron chi connectivity index (χ1n) is 5.69. The normalized spacial score (nSPS) is 12.3. The third-order valence-electron chi connectivity index (χ3n) is 2.75. The van der Waals surface area contributed by atoms with Gasteiger partial charge in [-0.25, -0.2) is 0 Å². The highest BCUT2D eigenvalue weighted by Crippen LogP contribution is 2.39. The van der Waals surface area contributed by atoms with Crippen molar-refractivity contribution in [3.05, 3.63) is 53.1 Å². The van der Waals surface area contributed by atoms with Crippen molar-refractivity contribution in [2.75, 3.05) is 12.1 Å². The van der Waals surface area contributed by atoms with Gasteiger partial charge in [-0.2, -0.15) is 0 Å². The summed E-state index contributed by atoms with van der Waals surface area (Å²) in [5, 5.41) is 3.16. The topological polar surface area (TPSA) is 47.6 Å². The molecular formula is C14H10ClNO3. The number of carbonyl (C=O) groups is 1. The van der Waals surface area contributed by atoms with Crippen molar-refractivity contribution in [2.24, 2.45) is 0 Å². The van der Waals surface area contributed by atoms with Crippen LogP contribution in [-0.4, -0.2) is 12.7 Å². The number of anilines is 1. The molecule has 0 bridgehead atoms. The van der Waals surface area contributed by atoms with E-state index in [2.05, 4.69) is 5.32 Å². The van der Waals surface area contributed by atoms with Crippen LogP contribution >= 0.6 is 11.6 Å². The van der Waals surface area contributed by atoms with E-state index >= 15 is 0 Å². The lowest BCUT2D eigenvalue weighted by molar-refractivity contribution is 0.102. The second kappa shape index (κ2) is 4.82. The average Bonchev–Trinajstić information content (AvgIpc) is 2.87. The number of halogens is 1. The Hall–Kier alpha value is -2.20. The fourth-order valence-corrected chi connectivity index (χ4v) is 2.00. The Bertz CT molecular complexity index is 628. The second-order valence-electron chi connectivity index (χ2n) is 4.01. The van der Waals surface area contributed by atoms with Gasteiger partial charge in [-0.3, -0.25) is 4.79 Å². The molecule has 0 saturated heterocycles. The number of benzene rings is 2. The smallest absolute Gasteiger partial charge is 0.255 e. The maximum absolute atomic E-state index is 12.0. The lowest BCUT2D eigenvalue weighted by atomic mass is 10.2. The quantitative estimate of drug-likeness (QED) is 0.914. The summed E-state index contributed by atoms with van der Waals surface area (Å²) >= 11 is 6.09. The van der Waals surface area contributed by atoms with Crippen LogP contribution in [0.15, 0.2) is 42.5 Å². The van der Waals surface area contributed by atoms with Gasteiger partial charge in [0.05, 0.1) is 10.7 Å². The molecule has 0 aliphatic carbocycles. The third-order valence-corrected chi connectivity index (χ3v) is 3.06. The van der Waals surface area contributed by atoms with Gasteiger partial charge in [-0.15, -0.1) is 0 Å². The standard InChI is InChI=1S/C14H10ClNO3/c15-10-6-12-13(19-8-18-12)7-11(10)16-14(17)9-4-2-1-3-5-9/h1-7H,8H2,(H,16,17). The van der Waals surface area contributed by atoms with Crippen LogP contribution < -0.4 is 14.8 Å². The molecule has 1 N–H and O–H groups in total. The maximum Gasteiger partial charge on any atom is 0.255 e. The minimum atomic E-state index is -0.221. The summed E-state index contributed by atoms with van der Waals surface area (Å²) < 4.78 is 10.5. The van der Waals surface area contributed by atoms with Crippen molar-refractivity contribution in [1.82, 2.24) is 0 Å². The van der Waals surface area contributed by atoms with Gasteiger partial charge in [-0.1, -0.05) is 29.8 Å². The Morgan fingerprint density at radius 2 is 1.79 bits per heavy atom. The van der Waals surface area contributed by atoms with Crippen molar-refractivity contribution in [1.29, 1.82) is 0 Å². The van der Waals surface area contributed by atoms with E-state index in [0.29, 0.717) is 27.8 Å². The maximum atomic E-state index is 12.0. The van der Waals surface area contributed by atoms with Crippen LogP contribution in [0.4, 0.5) is 5.69 Å². The number of carbonyl (C=O) groups excluding carboxylic acids is 1. The van der Waals surface area contributed by atoms with Gasteiger partial charge in [0.1, 0.15) is 0 Å². The Kier molecular flexibility index (Phi) is 3.01. The van der Waals surface area contributed by atoms with E-state index in [9.17, 15) is 4.79 Å². The molecular weight excluding hydrogens is 266 g/mol. The molecule has 3 rings (SSSR count). The Labute approximate surface area is 114 Å². The Morgan fingerprint density at radius 3 is 2.53 bits per heavy atom. The minimum absolute atomic E-state index is 0.168. The van der Waals surface area contributed by atoms with E-state index in [1.165, 1.54) is 0 Å². The summed E-state index contributed by atoms with van der Waals surface area (Å²) in [6.07, 6.45) is 0. The number of hydrogen-bond donors (Lipinski definition) is 1. The number of hydrogen-bond acceptors (Lipinski definition) is 3. The van der Waals surface area contributed by atoms with Gasteiger partial charge < -0.3 is 14.8 Å². The van der Waals surface area contributed by atoms with E-state index in [1.807, 2.05) is 6.07 Å². The van der Waals surface area contributed by atoms with Crippen molar-refractivity contribution < 1.29 is 14.3 Å². The van der Waals surface area contributed by atoms with Crippen LogP contribution in [0.2, 0.25) is 5.02 Å². The predicted molar refractivity (Wildman–Crippen MR) is 72.0 cm³/mol. The summed E-state index contributed by atoms with van der Waals surface area (Å²) in [5.74, 6) is 0.942. The fourth-order valence-electron chi connectivity index (χ4n) is 1.80. The molecule has 0 spiro atoms. The van der Waals surface area contributed by atoms with Crippen molar-refractivity contribution in [2.45, 2.75) is 0 Å². The number of amides is 1. The summed E-state index contributed by atoms with van der Waals surface area (Å²) in [6, 6.07) is 12.2. The molecule has 0 atom stereocenters. The zero-order chi connectivity index (χ0) is 13.2. The summed E-state index contributed by atoms with van der Waals surface area (Å²) in [4.78, 5) is 12.0. The SMILES string of the molecule is O=C(Nc1cc2c(cc1Cl)OCO2)c1ccccc1. The van der Waals surface area contributed by atoms with Crippen LogP contribution in [0.3, 0.4) is 0 Å². The Morgan fingerprint density at radius 1 is 1.11 bits per heavy atom. The molecule has 1 heterocycles. The van der Waals surface area contributed by atoms with Gasteiger partial charge >= 0.3 is 0 Å². The third kappa shape index (κ3) is 2.35. The number of nitrogens with one attached hydrogen (secondary N) is 1. The van der Waals surface area contributed by atoms with Crippen molar-refractivity contribution in [3.8, 4) is 11.5 Å². The molecule has 0 aromatic heterocycles. The predicted octanol–water partition coefficient (Wildman–Crippen LogP) is 3.32. The molecule has 96 valence electrons. The van der Waals surface area contributed by atoms with Crippen LogP contribution in [0, 0.1) is 0 Å². The number of ether oxygens (including phenoxy) is 2. The highest BCUT2D eigenvalue weighted by atomic mass is 35.5. The molecule has 2 aromatic carbocycles. The van der Waals surface area contributed by atoms with Gasteiger partial charge in [0, 0.05) is 17.7 Å². The van der Waals surface area contributed by atoms with Crippen LogP contribution in [0.1, 0.15) is 10.4 Å². The summed E-state index contributed by atoms with van der Waals surface area (Å²) in [6.45, 7) is 0.168. The number of rotatable bonds is 2. The molecule has 5 heteroatoms. The van der Waals surface area contributed by atoms with E-state index in [0.717, 1.165) is 0 Å². The molecule has 2 aromatic rings. The molecule has 0 fully saturated rings. The monoisotopic (exact) mass is 275 g/mol. The molecule has 0 unspecified atom stereocenters. The average molecular weight is 276 g/mol.